The van der Waals surface area contributed by atoms with Crippen LogP contribution in [0.1, 0.15) is 187 Å². The molecule has 338 valence electrons. The van der Waals surface area contributed by atoms with Gasteiger partial charge in [-0.1, -0.05) is 174 Å². The third kappa shape index (κ3) is 20.4. The number of esters is 1. The van der Waals surface area contributed by atoms with E-state index in [0.717, 1.165) is 44.9 Å². The third-order valence-electron chi connectivity index (χ3n) is 11.9. The normalized spacial score (nSPS) is 29.0. The number of aliphatic hydroxyl groups excluding tert-OH is 8. The zero-order chi connectivity index (χ0) is 41.8. The van der Waals surface area contributed by atoms with Gasteiger partial charge < -0.3 is 59.8 Å². The lowest BCUT2D eigenvalue weighted by Gasteiger charge is -2.44. The summed E-state index contributed by atoms with van der Waals surface area (Å²) in [6.07, 6.45) is 13.5. The van der Waals surface area contributed by atoms with Crippen LogP contribution in [0.4, 0.5) is 0 Å². The summed E-state index contributed by atoms with van der Waals surface area (Å²) in [5.74, 6) is -1.41. The highest BCUT2D eigenvalue weighted by Crippen LogP contribution is 2.29. The summed E-state index contributed by atoms with van der Waals surface area (Å²) in [6, 6.07) is 0. The highest BCUT2D eigenvalue weighted by molar-refractivity contribution is 5.73. The molecule has 57 heavy (non-hydrogen) atoms. The molecule has 0 saturated carbocycles. The summed E-state index contributed by atoms with van der Waals surface area (Å²) >= 11 is 0. The summed E-state index contributed by atoms with van der Waals surface area (Å²) < 4.78 is 22.1. The van der Waals surface area contributed by atoms with Gasteiger partial charge in [-0.3, -0.25) is 4.79 Å². The number of carbonyl (C=O) groups excluding carboxylic acids is 1. The van der Waals surface area contributed by atoms with Gasteiger partial charge in [-0.05, 0) is 12.8 Å². The Bertz CT molecular complexity index is 972. The zero-order valence-corrected chi connectivity index (χ0v) is 35.6. The molecule has 0 aromatic rings. The van der Waals surface area contributed by atoms with Crippen molar-refractivity contribution in [2.45, 2.75) is 255 Å². The van der Waals surface area contributed by atoms with Gasteiger partial charge >= 0.3 is 5.97 Å². The lowest BCUT2D eigenvalue weighted by molar-refractivity contribution is -0.376. The molecular formula is C44H84O13. The second-order valence-electron chi connectivity index (χ2n) is 16.9. The van der Waals surface area contributed by atoms with E-state index in [4.69, 9.17) is 18.9 Å². The molecule has 2 rings (SSSR count). The first-order valence-corrected chi connectivity index (χ1v) is 23.1. The Balaban J connectivity index is 1.87. The molecule has 8 N–H and O–H groups in total. The fourth-order valence-corrected chi connectivity index (χ4v) is 7.99. The monoisotopic (exact) mass is 821 g/mol. The molecule has 12 atom stereocenters. The molecule has 2 aliphatic rings. The molecule has 2 unspecified atom stereocenters. The van der Waals surface area contributed by atoms with Gasteiger partial charge in [-0.2, -0.15) is 0 Å². The Morgan fingerprint density at radius 2 is 0.842 bits per heavy atom. The molecule has 2 aliphatic heterocycles. The number of ether oxygens (including phenoxy) is 4. The van der Waals surface area contributed by atoms with Crippen molar-refractivity contribution < 1.29 is 64.6 Å². The smallest absolute Gasteiger partial charge is 0.311 e. The maximum absolute atomic E-state index is 13.5. The van der Waals surface area contributed by atoms with Crippen LogP contribution in [-0.4, -0.2) is 128 Å². The van der Waals surface area contributed by atoms with E-state index in [1.54, 1.807) is 0 Å². The van der Waals surface area contributed by atoms with Gasteiger partial charge in [0.15, 0.2) is 12.6 Å². The minimum absolute atomic E-state index is 0.453. The van der Waals surface area contributed by atoms with Crippen LogP contribution in [-0.2, 0) is 23.7 Å². The van der Waals surface area contributed by atoms with Gasteiger partial charge in [-0.15, -0.1) is 0 Å². The van der Waals surface area contributed by atoms with Gasteiger partial charge in [0.05, 0.1) is 18.6 Å². The molecule has 13 nitrogen and oxygen atoms in total. The average Bonchev–Trinajstić information content (AvgIpc) is 3.20. The quantitative estimate of drug-likeness (QED) is 0.0289. The highest BCUT2D eigenvalue weighted by atomic mass is 16.8. The molecule has 2 fully saturated rings. The van der Waals surface area contributed by atoms with Gasteiger partial charge in [0.1, 0.15) is 55.4 Å². The summed E-state index contributed by atoms with van der Waals surface area (Å²) in [5, 5.41) is 83.2. The van der Waals surface area contributed by atoms with Crippen LogP contribution in [0.3, 0.4) is 0 Å². The van der Waals surface area contributed by atoms with E-state index >= 15 is 0 Å². The Morgan fingerprint density at radius 1 is 0.491 bits per heavy atom. The van der Waals surface area contributed by atoms with E-state index < -0.39 is 92.6 Å². The van der Waals surface area contributed by atoms with Crippen LogP contribution in [0.15, 0.2) is 0 Å². The standard InChI is InChI=1S/C44H84O13/c1-3-5-7-9-11-13-15-17-19-21-23-25-27-29-33(46)32(28-26-24-22-20-18-16-14-12-10-8-6-4-2)42(53)54-31-35-37(48)39(50)41(52)44(56-35)57-43-40(51)38(49)36(47)34(30-45)55-43/h32-41,43-52H,3-31H2,1-2H3/t32?,33?,34-,35-,36-,37-,38+,39+,40-,41-,43-,44-/m1/s1. The lowest BCUT2D eigenvalue weighted by atomic mass is 9.91. The Labute approximate surface area is 343 Å². The zero-order valence-electron chi connectivity index (χ0n) is 35.6. The highest BCUT2D eigenvalue weighted by Gasteiger charge is 2.50. The number of carbonyl (C=O) groups is 1. The molecule has 2 saturated heterocycles. The van der Waals surface area contributed by atoms with Crippen LogP contribution in [0, 0.1) is 5.92 Å². The van der Waals surface area contributed by atoms with Crippen LogP contribution in [0.2, 0.25) is 0 Å². The lowest BCUT2D eigenvalue weighted by Crippen LogP contribution is -2.63. The van der Waals surface area contributed by atoms with Crippen molar-refractivity contribution in [2.24, 2.45) is 5.92 Å². The third-order valence-corrected chi connectivity index (χ3v) is 11.9. The van der Waals surface area contributed by atoms with Crippen molar-refractivity contribution >= 4 is 5.97 Å². The minimum Gasteiger partial charge on any atom is -0.463 e. The van der Waals surface area contributed by atoms with E-state index in [1.807, 2.05) is 0 Å². The van der Waals surface area contributed by atoms with Crippen molar-refractivity contribution in [1.82, 2.24) is 0 Å². The van der Waals surface area contributed by atoms with Crippen LogP contribution < -0.4 is 0 Å². The maximum atomic E-state index is 13.5. The van der Waals surface area contributed by atoms with Crippen molar-refractivity contribution in [2.75, 3.05) is 13.2 Å². The fourth-order valence-electron chi connectivity index (χ4n) is 7.99. The molecule has 0 spiro atoms. The van der Waals surface area contributed by atoms with Crippen molar-refractivity contribution in [1.29, 1.82) is 0 Å². The van der Waals surface area contributed by atoms with E-state index in [2.05, 4.69) is 13.8 Å². The molecule has 0 aromatic heterocycles. The predicted molar refractivity (Wildman–Crippen MR) is 218 cm³/mol. The Kier molecular flexibility index (Phi) is 29.1. The second kappa shape index (κ2) is 31.8. The number of aliphatic hydroxyl groups is 8. The SMILES string of the molecule is CCCCCCCCCCCCCCCC(O)C(CCCCCCCCCCCCCC)C(=O)OC[C@H]1O[C@H](O[C@H]2O[C@H](CO)[C@@H](O)[C@H](O)[C@H]2O)[C@H](O)[C@@H](O)[C@@H]1O. The second-order valence-corrected chi connectivity index (χ2v) is 16.9. The van der Waals surface area contributed by atoms with E-state index in [1.165, 1.54) is 116 Å². The molecule has 0 aliphatic carbocycles. The van der Waals surface area contributed by atoms with Gasteiger partial charge in [0.25, 0.3) is 0 Å². The van der Waals surface area contributed by atoms with Crippen molar-refractivity contribution in [3.63, 3.8) is 0 Å². The van der Waals surface area contributed by atoms with E-state index in [0.29, 0.717) is 12.8 Å². The first-order valence-electron chi connectivity index (χ1n) is 23.1. The molecule has 0 bridgehead atoms. The Morgan fingerprint density at radius 3 is 1.25 bits per heavy atom. The predicted octanol–water partition coefficient (Wildman–Crippen LogP) is 5.70. The first-order chi connectivity index (χ1) is 27.6. The molecular weight excluding hydrogens is 736 g/mol. The number of hydrogen-bond donors (Lipinski definition) is 8. The summed E-state index contributed by atoms with van der Waals surface area (Å²) in [4.78, 5) is 13.5. The number of rotatable bonds is 34. The van der Waals surface area contributed by atoms with E-state index in [-0.39, 0.29) is 0 Å². The van der Waals surface area contributed by atoms with Gasteiger partial charge in [0.2, 0.25) is 0 Å². The topological polar surface area (TPSA) is 216 Å². The average molecular weight is 821 g/mol. The first kappa shape index (κ1) is 52.2. The van der Waals surface area contributed by atoms with Crippen molar-refractivity contribution in [3.05, 3.63) is 0 Å². The molecule has 2 heterocycles. The summed E-state index contributed by atoms with van der Waals surface area (Å²) in [7, 11) is 0. The number of unbranched alkanes of at least 4 members (excludes halogenated alkanes) is 23. The summed E-state index contributed by atoms with van der Waals surface area (Å²) in [6.45, 7) is 3.25. The van der Waals surface area contributed by atoms with Crippen molar-refractivity contribution in [3.8, 4) is 0 Å². The minimum atomic E-state index is -1.82. The van der Waals surface area contributed by atoms with Gasteiger partial charge in [-0.25, -0.2) is 0 Å². The molecule has 0 amide bonds. The Hall–Kier alpha value is -0.970. The number of hydrogen-bond acceptors (Lipinski definition) is 13. The largest absolute Gasteiger partial charge is 0.463 e. The van der Waals surface area contributed by atoms with E-state index in [9.17, 15) is 45.6 Å². The van der Waals surface area contributed by atoms with Crippen LogP contribution in [0.25, 0.3) is 0 Å². The molecule has 0 aromatic carbocycles. The van der Waals surface area contributed by atoms with Gasteiger partial charge in [0, 0.05) is 0 Å². The summed E-state index contributed by atoms with van der Waals surface area (Å²) in [5.41, 5.74) is 0. The molecule has 13 heteroatoms. The molecule has 0 radical (unpaired) electrons. The maximum Gasteiger partial charge on any atom is 0.311 e. The van der Waals surface area contributed by atoms with Crippen LogP contribution >= 0.6 is 0 Å². The fraction of sp³-hybridized carbons (Fsp3) is 0.977. The van der Waals surface area contributed by atoms with Crippen LogP contribution in [0.5, 0.6) is 0 Å².